The van der Waals surface area contributed by atoms with Crippen molar-refractivity contribution in [3.8, 4) is 0 Å². The molecular weight excluding hydrogens is 224 g/mol. The van der Waals surface area contributed by atoms with Gasteiger partial charge in [0.1, 0.15) is 0 Å². The molecule has 0 aromatic carbocycles. The van der Waals surface area contributed by atoms with Crippen LogP contribution >= 0.6 is 0 Å². The lowest BCUT2D eigenvalue weighted by molar-refractivity contribution is -0.0653. The molecule has 0 aromatic rings. The highest BCUT2D eigenvalue weighted by atomic mass is 16.5. The molecule has 0 aromatic heterocycles. The van der Waals surface area contributed by atoms with Crippen molar-refractivity contribution >= 4 is 0 Å². The van der Waals surface area contributed by atoms with Crippen molar-refractivity contribution in [2.45, 2.75) is 82.1 Å². The Bertz CT molecular complexity index is 291. The van der Waals surface area contributed by atoms with Gasteiger partial charge in [-0.05, 0) is 59.4 Å². The van der Waals surface area contributed by atoms with Crippen LogP contribution in [-0.2, 0) is 4.74 Å². The molecule has 3 aliphatic heterocycles. The number of nitrogens with zero attached hydrogens (tertiary/aromatic N) is 1. The van der Waals surface area contributed by atoms with Crippen LogP contribution in [0.2, 0.25) is 0 Å². The molecule has 1 N–H and O–H groups in total. The second-order valence-corrected chi connectivity index (χ2v) is 7.18. The second-order valence-electron chi connectivity index (χ2n) is 7.18. The number of nitrogens with one attached hydrogen (secondary N) is 1. The van der Waals surface area contributed by atoms with Crippen molar-refractivity contribution in [1.82, 2.24) is 10.2 Å². The molecule has 3 rings (SSSR count). The van der Waals surface area contributed by atoms with Gasteiger partial charge in [-0.3, -0.25) is 0 Å². The van der Waals surface area contributed by atoms with Gasteiger partial charge in [-0.2, -0.15) is 0 Å². The van der Waals surface area contributed by atoms with E-state index in [1.54, 1.807) is 0 Å². The minimum absolute atomic E-state index is 0.0698. The van der Waals surface area contributed by atoms with E-state index in [1.165, 1.54) is 32.1 Å². The van der Waals surface area contributed by atoms with E-state index in [1.807, 2.05) is 0 Å². The van der Waals surface area contributed by atoms with Gasteiger partial charge in [-0.1, -0.05) is 0 Å². The van der Waals surface area contributed by atoms with Crippen molar-refractivity contribution in [1.29, 1.82) is 0 Å². The zero-order valence-corrected chi connectivity index (χ0v) is 12.1. The van der Waals surface area contributed by atoms with Gasteiger partial charge in [-0.15, -0.1) is 0 Å². The summed E-state index contributed by atoms with van der Waals surface area (Å²) in [5, 5.41) is 3.93. The molecule has 0 amide bonds. The van der Waals surface area contributed by atoms with Gasteiger partial charge in [0.25, 0.3) is 0 Å². The zero-order valence-electron chi connectivity index (χ0n) is 12.1. The maximum atomic E-state index is 5.81. The van der Waals surface area contributed by atoms with Gasteiger partial charge in [0.2, 0.25) is 0 Å². The van der Waals surface area contributed by atoms with Crippen LogP contribution in [0.25, 0.3) is 0 Å². The summed E-state index contributed by atoms with van der Waals surface area (Å²) in [5.74, 6) is 0. The molecule has 3 aliphatic rings. The Morgan fingerprint density at radius 2 is 1.72 bits per heavy atom. The van der Waals surface area contributed by atoms with Crippen LogP contribution in [0.15, 0.2) is 0 Å². The minimum Gasteiger partial charge on any atom is -0.375 e. The Balaban J connectivity index is 1.54. The lowest BCUT2D eigenvalue weighted by Crippen LogP contribution is -2.52. The topological polar surface area (TPSA) is 24.5 Å². The first kappa shape index (κ1) is 12.9. The SMILES string of the molecule is CN1C2CCC1CC(NC1CCOC(C)(C)C1)C2. The van der Waals surface area contributed by atoms with Crippen molar-refractivity contribution in [3.05, 3.63) is 0 Å². The summed E-state index contributed by atoms with van der Waals surface area (Å²) in [7, 11) is 2.32. The number of fused-ring (bicyclic) bond motifs is 2. The zero-order chi connectivity index (χ0) is 12.8. The van der Waals surface area contributed by atoms with Crippen molar-refractivity contribution in [3.63, 3.8) is 0 Å². The largest absolute Gasteiger partial charge is 0.375 e. The van der Waals surface area contributed by atoms with Crippen LogP contribution in [0.4, 0.5) is 0 Å². The van der Waals surface area contributed by atoms with Crippen molar-refractivity contribution in [2.75, 3.05) is 13.7 Å². The molecule has 3 atom stereocenters. The molecule has 2 bridgehead atoms. The molecule has 3 unspecified atom stereocenters. The predicted octanol–water partition coefficient (Wildman–Crippen LogP) is 2.16. The van der Waals surface area contributed by atoms with E-state index in [-0.39, 0.29) is 5.60 Å². The fraction of sp³-hybridized carbons (Fsp3) is 1.00. The van der Waals surface area contributed by atoms with E-state index in [4.69, 9.17) is 4.74 Å². The molecule has 3 nitrogen and oxygen atoms in total. The molecule has 0 radical (unpaired) electrons. The Labute approximate surface area is 111 Å². The maximum absolute atomic E-state index is 5.81. The van der Waals surface area contributed by atoms with Crippen molar-refractivity contribution < 1.29 is 4.74 Å². The average molecular weight is 252 g/mol. The molecule has 3 heterocycles. The summed E-state index contributed by atoms with van der Waals surface area (Å²) < 4.78 is 5.81. The van der Waals surface area contributed by atoms with E-state index in [0.29, 0.717) is 6.04 Å². The molecule has 0 aliphatic carbocycles. The van der Waals surface area contributed by atoms with E-state index in [9.17, 15) is 0 Å². The van der Waals surface area contributed by atoms with Crippen LogP contribution in [-0.4, -0.2) is 48.3 Å². The predicted molar refractivity (Wildman–Crippen MR) is 73.8 cm³/mol. The summed E-state index contributed by atoms with van der Waals surface area (Å²) in [6, 6.07) is 3.10. The summed E-state index contributed by atoms with van der Waals surface area (Å²) >= 11 is 0. The summed E-state index contributed by atoms with van der Waals surface area (Å²) in [6.45, 7) is 5.36. The van der Waals surface area contributed by atoms with E-state index in [0.717, 1.165) is 31.2 Å². The Morgan fingerprint density at radius 1 is 1.06 bits per heavy atom. The minimum atomic E-state index is 0.0698. The molecule has 104 valence electrons. The Kier molecular flexibility index (Phi) is 3.41. The molecule has 18 heavy (non-hydrogen) atoms. The molecule has 0 saturated carbocycles. The molecule has 3 saturated heterocycles. The molecule has 3 heteroatoms. The highest BCUT2D eigenvalue weighted by Gasteiger charge is 2.39. The van der Waals surface area contributed by atoms with Crippen LogP contribution < -0.4 is 5.32 Å². The van der Waals surface area contributed by atoms with E-state index in [2.05, 4.69) is 31.1 Å². The van der Waals surface area contributed by atoms with Crippen LogP contribution in [0.5, 0.6) is 0 Å². The third-order valence-corrected chi connectivity index (χ3v) is 5.27. The average Bonchev–Trinajstić information content (AvgIpc) is 2.51. The number of piperidine rings is 1. The first-order valence-corrected chi connectivity index (χ1v) is 7.65. The van der Waals surface area contributed by atoms with Gasteiger partial charge >= 0.3 is 0 Å². The Morgan fingerprint density at radius 3 is 2.33 bits per heavy atom. The summed E-state index contributed by atoms with van der Waals surface area (Å²) in [4.78, 5) is 2.62. The monoisotopic (exact) mass is 252 g/mol. The quantitative estimate of drug-likeness (QED) is 0.815. The highest BCUT2D eigenvalue weighted by Crippen LogP contribution is 2.35. The number of hydrogen-bond donors (Lipinski definition) is 1. The first-order chi connectivity index (χ1) is 8.53. The summed E-state index contributed by atoms with van der Waals surface area (Å²) in [5.41, 5.74) is 0.0698. The smallest absolute Gasteiger partial charge is 0.0641 e. The van der Waals surface area contributed by atoms with Gasteiger partial charge < -0.3 is 15.0 Å². The van der Waals surface area contributed by atoms with E-state index >= 15 is 0 Å². The fourth-order valence-electron chi connectivity index (χ4n) is 4.26. The number of rotatable bonds is 2. The third-order valence-electron chi connectivity index (χ3n) is 5.27. The molecular formula is C15H28N2O. The van der Waals surface area contributed by atoms with Crippen LogP contribution in [0, 0.1) is 0 Å². The van der Waals surface area contributed by atoms with E-state index < -0.39 is 0 Å². The normalized spacial score (nSPS) is 44.2. The second kappa shape index (κ2) is 4.77. The lowest BCUT2D eigenvalue weighted by atomic mass is 9.91. The first-order valence-electron chi connectivity index (χ1n) is 7.65. The maximum Gasteiger partial charge on any atom is 0.0641 e. The number of ether oxygens (including phenoxy) is 1. The van der Waals surface area contributed by atoms with Crippen LogP contribution in [0.1, 0.15) is 52.4 Å². The standard InChI is InChI=1S/C15H28N2O/c1-15(2)10-11(6-7-18-15)16-12-8-13-4-5-14(9-12)17(13)3/h11-14,16H,4-10H2,1-3H3. The Hall–Kier alpha value is -0.120. The molecule has 0 spiro atoms. The van der Waals surface area contributed by atoms with Gasteiger partial charge in [-0.25, -0.2) is 0 Å². The number of hydrogen-bond acceptors (Lipinski definition) is 3. The van der Waals surface area contributed by atoms with Crippen molar-refractivity contribution in [2.24, 2.45) is 0 Å². The fourth-order valence-corrected chi connectivity index (χ4v) is 4.26. The third kappa shape index (κ3) is 2.59. The summed E-state index contributed by atoms with van der Waals surface area (Å²) in [6.07, 6.45) is 7.88. The molecule has 3 fully saturated rings. The van der Waals surface area contributed by atoms with Gasteiger partial charge in [0.15, 0.2) is 0 Å². The van der Waals surface area contributed by atoms with Gasteiger partial charge in [0, 0.05) is 30.8 Å². The van der Waals surface area contributed by atoms with Gasteiger partial charge in [0.05, 0.1) is 5.60 Å². The van der Waals surface area contributed by atoms with Crippen LogP contribution in [0.3, 0.4) is 0 Å². The highest BCUT2D eigenvalue weighted by molar-refractivity contribution is 4.97. The lowest BCUT2D eigenvalue weighted by Gasteiger charge is -2.41.